The van der Waals surface area contributed by atoms with Crippen LogP contribution in [0, 0.1) is 0 Å². The maximum atomic E-state index is 12.7. The van der Waals surface area contributed by atoms with Crippen LogP contribution in [0.3, 0.4) is 0 Å². The van der Waals surface area contributed by atoms with Gasteiger partial charge < -0.3 is 14.8 Å². The number of ether oxygens (including phenoxy) is 2. The van der Waals surface area contributed by atoms with Crippen molar-refractivity contribution in [3.05, 3.63) is 35.7 Å². The van der Waals surface area contributed by atoms with Gasteiger partial charge in [-0.3, -0.25) is 19.7 Å². The van der Waals surface area contributed by atoms with Gasteiger partial charge in [0, 0.05) is 18.4 Å². The maximum Gasteiger partial charge on any atom is 0.249 e. The summed E-state index contributed by atoms with van der Waals surface area (Å²) in [4.78, 5) is 40.2. The normalized spacial score (nSPS) is 15.6. The third-order valence-electron chi connectivity index (χ3n) is 4.12. The van der Waals surface area contributed by atoms with Crippen LogP contribution in [0.4, 0.5) is 11.6 Å². The smallest absolute Gasteiger partial charge is 0.249 e. The van der Waals surface area contributed by atoms with Gasteiger partial charge in [0.15, 0.2) is 11.6 Å². The molecule has 1 aromatic heterocycles. The highest BCUT2D eigenvalue weighted by Crippen LogP contribution is 2.24. The minimum Gasteiger partial charge on any atom is -0.382 e. The molecule has 3 rings (SSSR count). The lowest BCUT2D eigenvalue weighted by molar-refractivity contribution is -0.125. The number of fused-ring (bicyclic) bond motifs is 1. The maximum absolute atomic E-state index is 12.7. The van der Waals surface area contributed by atoms with Crippen molar-refractivity contribution in [2.24, 2.45) is 0 Å². The molecule has 0 fully saturated rings. The highest BCUT2D eigenvalue weighted by atomic mass is 16.5. The van der Waals surface area contributed by atoms with Crippen LogP contribution in [-0.4, -0.2) is 52.7 Å². The molecule has 10 nitrogen and oxygen atoms in total. The first-order valence-corrected chi connectivity index (χ1v) is 8.71. The van der Waals surface area contributed by atoms with E-state index in [1.165, 1.54) is 11.6 Å². The highest BCUT2D eigenvalue weighted by Gasteiger charge is 2.33. The Hall–Kier alpha value is -3.11. The second-order valence-electron chi connectivity index (χ2n) is 6.23. The van der Waals surface area contributed by atoms with Crippen LogP contribution in [0.5, 0.6) is 0 Å². The Balaban J connectivity index is 1.71. The number of ketones is 1. The third kappa shape index (κ3) is 4.59. The van der Waals surface area contributed by atoms with E-state index in [9.17, 15) is 14.4 Å². The Kier molecular flexibility index (Phi) is 6.12. The lowest BCUT2D eigenvalue weighted by atomic mass is 10.1. The summed E-state index contributed by atoms with van der Waals surface area (Å²) in [6.45, 7) is 2.43. The molecule has 0 spiro atoms. The van der Waals surface area contributed by atoms with Crippen LogP contribution >= 0.6 is 0 Å². The highest BCUT2D eigenvalue weighted by molar-refractivity contribution is 6.01. The number of nitrogens with one attached hydrogen (secondary N) is 2. The number of Topliss-reactive ketones (excluding diaryl/α,β-unsaturated/α-hetero) is 1. The number of rotatable bonds is 8. The number of carbonyl (C=O) groups excluding carboxylic acids is 3. The van der Waals surface area contributed by atoms with Gasteiger partial charge in [-0.15, -0.1) is 0 Å². The van der Waals surface area contributed by atoms with Crippen molar-refractivity contribution in [2.45, 2.75) is 26.0 Å². The van der Waals surface area contributed by atoms with E-state index in [0.29, 0.717) is 30.3 Å². The molecule has 0 unspecified atom stereocenters. The standard InChI is InChI=1S/C18H21N5O5/c1-11(24)12-3-5-13(6-4-12)19-17(26)14-9-16(25)21-18-20-15(22-23(14)18)10-28-8-7-27-2/h3-6,14H,7-10H2,1-2H3,(H,19,26)(H,20,21,22,25)/t14-/m0/s1. The average molecular weight is 387 g/mol. The van der Waals surface area contributed by atoms with Gasteiger partial charge in [0.2, 0.25) is 17.8 Å². The number of hydrogen-bond acceptors (Lipinski definition) is 7. The van der Waals surface area contributed by atoms with Gasteiger partial charge in [-0.25, -0.2) is 4.68 Å². The molecule has 1 aromatic carbocycles. The first-order chi connectivity index (χ1) is 13.5. The monoisotopic (exact) mass is 387 g/mol. The molecule has 1 aliphatic rings. The number of aromatic nitrogens is 3. The van der Waals surface area contributed by atoms with E-state index in [4.69, 9.17) is 9.47 Å². The molecular weight excluding hydrogens is 366 g/mol. The Bertz CT molecular complexity index is 877. The molecular formula is C18H21N5O5. The summed E-state index contributed by atoms with van der Waals surface area (Å²) >= 11 is 0. The quantitative estimate of drug-likeness (QED) is 0.514. The van der Waals surface area contributed by atoms with Crippen molar-refractivity contribution in [1.82, 2.24) is 14.8 Å². The summed E-state index contributed by atoms with van der Waals surface area (Å²) in [6, 6.07) is 5.68. The van der Waals surface area contributed by atoms with Crippen LogP contribution in [0.25, 0.3) is 0 Å². The molecule has 0 saturated carbocycles. The van der Waals surface area contributed by atoms with Gasteiger partial charge in [-0.05, 0) is 31.2 Å². The van der Waals surface area contributed by atoms with E-state index in [-0.39, 0.29) is 30.7 Å². The topological polar surface area (TPSA) is 124 Å². The molecule has 0 radical (unpaired) electrons. The molecule has 1 aliphatic heterocycles. The fraction of sp³-hybridized carbons (Fsp3) is 0.389. The predicted octanol–water partition coefficient (Wildman–Crippen LogP) is 1.17. The first-order valence-electron chi connectivity index (χ1n) is 8.71. The van der Waals surface area contributed by atoms with Crippen molar-refractivity contribution >= 4 is 29.2 Å². The van der Waals surface area contributed by atoms with Gasteiger partial charge in [0.05, 0.1) is 19.6 Å². The van der Waals surface area contributed by atoms with Crippen molar-refractivity contribution in [3.63, 3.8) is 0 Å². The largest absolute Gasteiger partial charge is 0.382 e. The number of methoxy groups -OCH3 is 1. The first kappa shape index (κ1) is 19.6. The lowest BCUT2D eigenvalue weighted by Gasteiger charge is -2.22. The Morgan fingerprint density at radius 2 is 2.04 bits per heavy atom. The molecule has 10 heteroatoms. The van der Waals surface area contributed by atoms with E-state index in [1.54, 1.807) is 31.4 Å². The molecule has 2 N–H and O–H groups in total. The summed E-state index contributed by atoms with van der Waals surface area (Å²) < 4.78 is 11.7. The summed E-state index contributed by atoms with van der Waals surface area (Å²) in [5.74, 6) is -0.220. The van der Waals surface area contributed by atoms with Gasteiger partial charge >= 0.3 is 0 Å². The lowest BCUT2D eigenvalue weighted by Crippen LogP contribution is -2.36. The molecule has 2 aromatic rings. The van der Waals surface area contributed by atoms with Crippen LogP contribution in [0.15, 0.2) is 24.3 Å². The Morgan fingerprint density at radius 1 is 1.29 bits per heavy atom. The van der Waals surface area contributed by atoms with Crippen LogP contribution < -0.4 is 10.6 Å². The molecule has 1 atom stereocenters. The van der Waals surface area contributed by atoms with Gasteiger partial charge in [0.25, 0.3) is 0 Å². The second kappa shape index (κ2) is 8.72. The Labute approximate surface area is 161 Å². The van der Waals surface area contributed by atoms with Gasteiger partial charge in [-0.2, -0.15) is 10.1 Å². The Morgan fingerprint density at radius 3 is 2.71 bits per heavy atom. The zero-order valence-electron chi connectivity index (χ0n) is 15.6. The van der Waals surface area contributed by atoms with Crippen molar-refractivity contribution in [2.75, 3.05) is 31.0 Å². The van der Waals surface area contributed by atoms with E-state index < -0.39 is 11.9 Å². The summed E-state index contributed by atoms with van der Waals surface area (Å²) in [5, 5.41) is 9.63. The summed E-state index contributed by atoms with van der Waals surface area (Å²) in [5.41, 5.74) is 1.07. The fourth-order valence-corrected chi connectivity index (χ4v) is 2.69. The van der Waals surface area contributed by atoms with Crippen molar-refractivity contribution < 1.29 is 23.9 Å². The zero-order chi connectivity index (χ0) is 20.1. The van der Waals surface area contributed by atoms with Crippen molar-refractivity contribution in [1.29, 1.82) is 0 Å². The molecule has 0 aliphatic carbocycles. The fourth-order valence-electron chi connectivity index (χ4n) is 2.69. The predicted molar refractivity (Wildman–Crippen MR) is 98.9 cm³/mol. The molecule has 28 heavy (non-hydrogen) atoms. The number of hydrogen-bond donors (Lipinski definition) is 2. The minimum atomic E-state index is -0.837. The SMILES string of the molecule is COCCOCc1nc2n(n1)[C@H](C(=O)Nc1ccc(C(C)=O)cc1)CC(=O)N2. The number of carbonyl (C=O) groups is 3. The number of amides is 2. The van der Waals surface area contributed by atoms with Crippen LogP contribution in [-0.2, 0) is 25.7 Å². The van der Waals surface area contributed by atoms with E-state index >= 15 is 0 Å². The summed E-state index contributed by atoms with van der Waals surface area (Å²) in [6.07, 6.45) is -0.0578. The van der Waals surface area contributed by atoms with E-state index in [2.05, 4.69) is 20.7 Å². The number of nitrogens with zero attached hydrogens (tertiary/aromatic N) is 3. The van der Waals surface area contributed by atoms with Crippen LogP contribution in [0.1, 0.15) is 35.6 Å². The number of anilines is 2. The van der Waals surface area contributed by atoms with Gasteiger partial charge in [0.1, 0.15) is 12.6 Å². The van der Waals surface area contributed by atoms with E-state index in [0.717, 1.165) is 0 Å². The van der Waals surface area contributed by atoms with E-state index in [1.807, 2.05) is 0 Å². The molecule has 148 valence electrons. The average Bonchev–Trinajstić information content (AvgIpc) is 3.07. The molecule has 2 heterocycles. The molecule has 2 amide bonds. The molecule has 0 saturated heterocycles. The van der Waals surface area contributed by atoms with Gasteiger partial charge in [-0.1, -0.05) is 0 Å². The number of benzene rings is 1. The third-order valence-corrected chi connectivity index (χ3v) is 4.12. The van der Waals surface area contributed by atoms with Crippen molar-refractivity contribution in [3.8, 4) is 0 Å². The molecule has 0 bridgehead atoms. The minimum absolute atomic E-state index is 0.0578. The van der Waals surface area contributed by atoms with Crippen LogP contribution in [0.2, 0.25) is 0 Å². The zero-order valence-corrected chi connectivity index (χ0v) is 15.6. The summed E-state index contributed by atoms with van der Waals surface area (Å²) in [7, 11) is 1.57. The second-order valence-corrected chi connectivity index (χ2v) is 6.23.